The van der Waals surface area contributed by atoms with E-state index in [4.69, 9.17) is 4.42 Å². The van der Waals surface area contributed by atoms with Gasteiger partial charge in [0.05, 0.1) is 18.8 Å². The Bertz CT molecular complexity index is 1080. The van der Waals surface area contributed by atoms with E-state index in [1.165, 1.54) is 12.1 Å². The van der Waals surface area contributed by atoms with Gasteiger partial charge >= 0.3 is 6.03 Å². The van der Waals surface area contributed by atoms with Crippen LogP contribution in [-0.4, -0.2) is 34.5 Å². The first-order valence-corrected chi connectivity index (χ1v) is 11.8. The van der Waals surface area contributed by atoms with Gasteiger partial charge in [0.2, 0.25) is 0 Å². The smallest absolute Gasteiger partial charge is 0.322 e. The number of halogens is 1. The van der Waals surface area contributed by atoms with Gasteiger partial charge < -0.3 is 24.5 Å². The largest absolute Gasteiger partial charge is 0.454 e. The Kier molecular flexibility index (Phi) is 9.31. The Balaban J connectivity index is 1.63. The molecule has 0 aliphatic rings. The first-order valence-electron chi connectivity index (χ1n) is 11.8. The molecule has 0 aliphatic heterocycles. The van der Waals surface area contributed by atoms with Crippen molar-refractivity contribution in [3.05, 3.63) is 77.8 Å². The summed E-state index contributed by atoms with van der Waals surface area (Å²) in [6.07, 6.45) is 5.79. The molecule has 8 heteroatoms. The molecule has 0 atom stereocenters. The number of nitrogens with zero attached hydrogens (tertiary/aromatic N) is 2. The van der Waals surface area contributed by atoms with Gasteiger partial charge in [-0.05, 0) is 49.2 Å². The second-order valence-electron chi connectivity index (χ2n) is 8.19. The summed E-state index contributed by atoms with van der Waals surface area (Å²) in [6.45, 7) is 6.04. The normalized spacial score (nSPS) is 10.8. The van der Waals surface area contributed by atoms with Crippen LogP contribution < -0.4 is 10.6 Å². The van der Waals surface area contributed by atoms with Crippen LogP contribution in [0.25, 0.3) is 0 Å². The van der Waals surface area contributed by atoms with E-state index in [-0.39, 0.29) is 23.4 Å². The molecule has 0 saturated carbocycles. The number of aromatic nitrogens is 1. The van der Waals surface area contributed by atoms with Crippen LogP contribution in [0, 0.1) is 5.82 Å². The lowest BCUT2D eigenvalue weighted by molar-refractivity contribution is 0.0923. The van der Waals surface area contributed by atoms with Gasteiger partial charge in [-0.1, -0.05) is 38.8 Å². The highest BCUT2D eigenvalue weighted by Gasteiger charge is 2.17. The second-order valence-corrected chi connectivity index (χ2v) is 8.19. The molecule has 1 aromatic carbocycles. The van der Waals surface area contributed by atoms with E-state index in [9.17, 15) is 14.0 Å². The molecule has 0 spiro atoms. The maximum atomic E-state index is 14.0. The molecule has 2 N–H and O–H groups in total. The Morgan fingerprint density at radius 2 is 1.85 bits per heavy atom. The number of nitrogens with one attached hydrogen (secondary N) is 2. The summed E-state index contributed by atoms with van der Waals surface area (Å²) in [5.41, 5.74) is 1.05. The first-order chi connectivity index (χ1) is 16.5. The number of carbonyl (C=O) groups is 2. The summed E-state index contributed by atoms with van der Waals surface area (Å²) in [5.74, 6) is 0.249. The summed E-state index contributed by atoms with van der Waals surface area (Å²) in [5, 5.41) is 5.53. The van der Waals surface area contributed by atoms with Gasteiger partial charge in [-0.15, -0.1) is 0 Å². The molecule has 3 aromatic rings. The van der Waals surface area contributed by atoms with Crippen LogP contribution in [0.3, 0.4) is 0 Å². The van der Waals surface area contributed by atoms with E-state index in [0.29, 0.717) is 31.9 Å². The number of hydrogen-bond donors (Lipinski definition) is 2. The number of carbonyl (C=O) groups excluding carboxylic acids is 2. The van der Waals surface area contributed by atoms with E-state index in [1.807, 2.05) is 29.8 Å². The minimum absolute atomic E-state index is 0.153. The maximum absolute atomic E-state index is 14.0. The summed E-state index contributed by atoms with van der Waals surface area (Å²) in [4.78, 5) is 26.7. The second kappa shape index (κ2) is 12.6. The van der Waals surface area contributed by atoms with E-state index < -0.39 is 5.82 Å². The van der Waals surface area contributed by atoms with Gasteiger partial charge in [0.15, 0.2) is 5.76 Å². The molecule has 0 unspecified atom stereocenters. The third kappa shape index (κ3) is 6.97. The van der Waals surface area contributed by atoms with Crippen LogP contribution in [0.5, 0.6) is 0 Å². The van der Waals surface area contributed by atoms with Gasteiger partial charge in [0.25, 0.3) is 5.91 Å². The van der Waals surface area contributed by atoms with Crippen molar-refractivity contribution in [3.63, 3.8) is 0 Å². The van der Waals surface area contributed by atoms with Crippen molar-refractivity contribution in [3.8, 4) is 0 Å². The summed E-state index contributed by atoms with van der Waals surface area (Å²) in [6, 6.07) is 13.1. The predicted octanol–water partition coefficient (Wildman–Crippen LogP) is 5.63. The highest BCUT2D eigenvalue weighted by Crippen LogP contribution is 2.17. The number of urea groups is 1. The average Bonchev–Trinajstić information content (AvgIpc) is 3.48. The quantitative estimate of drug-likeness (QED) is 0.338. The molecule has 0 radical (unpaired) electrons. The average molecular weight is 469 g/mol. The summed E-state index contributed by atoms with van der Waals surface area (Å²) < 4.78 is 21.7. The fraction of sp³-hybridized carbons (Fsp3) is 0.385. The van der Waals surface area contributed by atoms with E-state index in [0.717, 1.165) is 31.4 Å². The van der Waals surface area contributed by atoms with Crippen LogP contribution in [0.1, 0.15) is 61.5 Å². The van der Waals surface area contributed by atoms with Crippen LogP contribution >= 0.6 is 0 Å². The van der Waals surface area contributed by atoms with Crippen molar-refractivity contribution < 1.29 is 18.4 Å². The van der Waals surface area contributed by atoms with Gasteiger partial charge in [-0.2, -0.15) is 0 Å². The first kappa shape index (κ1) is 25.1. The SMILES string of the molecule is CCCCCNC(=O)c1ccc(Cn2cccc2CN(CCC)C(=O)Nc2ccccc2F)o1. The minimum Gasteiger partial charge on any atom is -0.454 e. The molecule has 0 aliphatic carbocycles. The lowest BCUT2D eigenvalue weighted by Crippen LogP contribution is -2.36. The molecular weight excluding hydrogens is 435 g/mol. The van der Waals surface area contributed by atoms with Crippen molar-refractivity contribution >= 4 is 17.6 Å². The summed E-state index contributed by atoms with van der Waals surface area (Å²) in [7, 11) is 0. The van der Waals surface area contributed by atoms with Crippen molar-refractivity contribution in [1.82, 2.24) is 14.8 Å². The molecular formula is C26H33FN4O3. The molecule has 3 rings (SSSR count). The number of anilines is 1. The van der Waals surface area contributed by atoms with Crippen molar-refractivity contribution in [2.75, 3.05) is 18.4 Å². The van der Waals surface area contributed by atoms with Gasteiger partial charge in [-0.3, -0.25) is 4.79 Å². The monoisotopic (exact) mass is 468 g/mol. The van der Waals surface area contributed by atoms with Gasteiger partial charge in [-0.25, -0.2) is 9.18 Å². The molecule has 0 saturated heterocycles. The fourth-order valence-corrected chi connectivity index (χ4v) is 3.64. The predicted molar refractivity (Wildman–Crippen MR) is 130 cm³/mol. The molecule has 2 aromatic heterocycles. The van der Waals surface area contributed by atoms with Gasteiger partial charge in [0.1, 0.15) is 11.6 Å². The molecule has 34 heavy (non-hydrogen) atoms. The van der Waals surface area contributed by atoms with E-state index in [1.54, 1.807) is 29.2 Å². The fourth-order valence-electron chi connectivity index (χ4n) is 3.64. The number of benzene rings is 1. The molecule has 2 heterocycles. The third-order valence-corrected chi connectivity index (χ3v) is 5.45. The van der Waals surface area contributed by atoms with Crippen LogP contribution in [0.2, 0.25) is 0 Å². The van der Waals surface area contributed by atoms with Crippen molar-refractivity contribution in [2.24, 2.45) is 0 Å². The van der Waals surface area contributed by atoms with Gasteiger partial charge in [0, 0.05) is 25.0 Å². The zero-order chi connectivity index (χ0) is 24.3. The lowest BCUT2D eigenvalue weighted by atomic mass is 10.2. The minimum atomic E-state index is -0.473. The Hall–Kier alpha value is -3.55. The lowest BCUT2D eigenvalue weighted by Gasteiger charge is -2.23. The standard InChI is InChI=1S/C26H33FN4O3/c1-3-5-8-15-28-25(32)24-14-13-21(34-24)19-30-17-9-10-20(30)18-31(16-4-2)26(33)29-23-12-7-6-11-22(23)27/h6-7,9-14,17H,3-5,8,15-16,18-19H2,1-2H3,(H,28,32)(H,29,33). The summed E-state index contributed by atoms with van der Waals surface area (Å²) >= 11 is 0. The molecule has 0 bridgehead atoms. The number of furan rings is 1. The Labute approximate surface area is 199 Å². The number of hydrogen-bond acceptors (Lipinski definition) is 3. The number of unbranched alkanes of at least 4 members (excludes halogenated alkanes) is 2. The number of para-hydroxylation sites is 1. The van der Waals surface area contributed by atoms with Crippen LogP contribution in [0.15, 0.2) is 59.1 Å². The zero-order valence-corrected chi connectivity index (χ0v) is 19.9. The topological polar surface area (TPSA) is 79.5 Å². The molecule has 7 nitrogen and oxygen atoms in total. The van der Waals surface area contributed by atoms with Crippen LogP contribution in [0.4, 0.5) is 14.9 Å². The van der Waals surface area contributed by atoms with Crippen molar-refractivity contribution in [1.29, 1.82) is 0 Å². The van der Waals surface area contributed by atoms with E-state index in [2.05, 4.69) is 17.6 Å². The third-order valence-electron chi connectivity index (χ3n) is 5.45. The highest BCUT2D eigenvalue weighted by molar-refractivity contribution is 5.91. The molecule has 3 amide bonds. The Morgan fingerprint density at radius 1 is 1.03 bits per heavy atom. The maximum Gasteiger partial charge on any atom is 0.322 e. The van der Waals surface area contributed by atoms with Crippen molar-refractivity contribution in [2.45, 2.75) is 52.6 Å². The zero-order valence-electron chi connectivity index (χ0n) is 19.9. The van der Waals surface area contributed by atoms with E-state index >= 15 is 0 Å². The highest BCUT2D eigenvalue weighted by atomic mass is 19.1. The number of rotatable bonds is 12. The van der Waals surface area contributed by atoms with Crippen LogP contribution in [-0.2, 0) is 13.1 Å². The number of amides is 3. The molecule has 182 valence electrons. The Morgan fingerprint density at radius 3 is 2.62 bits per heavy atom. The molecule has 0 fully saturated rings.